The molecule has 0 aromatic rings. The van der Waals surface area contributed by atoms with E-state index in [0.717, 1.165) is 12.0 Å². The summed E-state index contributed by atoms with van der Waals surface area (Å²) < 4.78 is 0. The summed E-state index contributed by atoms with van der Waals surface area (Å²) in [6.45, 7) is 17.4. The first-order valence-corrected chi connectivity index (χ1v) is 8.37. The van der Waals surface area contributed by atoms with Crippen LogP contribution < -0.4 is 0 Å². The minimum absolute atomic E-state index is 0.722. The van der Waals surface area contributed by atoms with Crippen molar-refractivity contribution in [3.8, 4) is 0 Å². The molecule has 19 heavy (non-hydrogen) atoms. The topological polar surface area (TPSA) is 9.72 Å². The van der Waals surface area contributed by atoms with E-state index in [1.54, 1.807) is 0 Å². The second-order valence-electron chi connectivity index (χ2n) is 6.72. The fourth-order valence-corrected chi connectivity index (χ4v) is 3.54. The Morgan fingerprint density at radius 2 is 1.53 bits per heavy atom. The molecule has 3 nitrogen and oxygen atoms in total. The summed E-state index contributed by atoms with van der Waals surface area (Å²) in [5.41, 5.74) is 0. The number of piperidine rings is 1. The van der Waals surface area contributed by atoms with Crippen molar-refractivity contribution in [2.75, 3.05) is 52.4 Å². The first-order valence-electron chi connectivity index (χ1n) is 8.37. The van der Waals surface area contributed by atoms with Crippen molar-refractivity contribution >= 4 is 0 Å². The number of nitrogens with zero attached hydrogens (tertiary/aromatic N) is 3. The normalized spacial score (nSPS) is 25.3. The van der Waals surface area contributed by atoms with Crippen LogP contribution in [0, 0.1) is 5.92 Å². The van der Waals surface area contributed by atoms with Crippen LogP contribution >= 0.6 is 0 Å². The van der Waals surface area contributed by atoms with Crippen molar-refractivity contribution in [2.24, 2.45) is 5.92 Å². The first kappa shape index (κ1) is 15.3. The number of piperazine rings is 1. The quantitative estimate of drug-likeness (QED) is 0.755. The Morgan fingerprint density at radius 3 is 2.05 bits per heavy atom. The highest BCUT2D eigenvalue weighted by molar-refractivity contribution is 4.79. The Morgan fingerprint density at radius 1 is 0.895 bits per heavy atom. The zero-order valence-corrected chi connectivity index (χ0v) is 13.3. The summed E-state index contributed by atoms with van der Waals surface area (Å²) in [5.74, 6) is 0.957. The summed E-state index contributed by atoms with van der Waals surface area (Å²) in [6, 6.07) is 0.722. The van der Waals surface area contributed by atoms with Crippen molar-refractivity contribution in [3.05, 3.63) is 0 Å². The van der Waals surface area contributed by atoms with Gasteiger partial charge in [-0.15, -0.1) is 0 Å². The van der Waals surface area contributed by atoms with E-state index in [0.29, 0.717) is 0 Å². The second kappa shape index (κ2) is 7.61. The van der Waals surface area contributed by atoms with Gasteiger partial charge in [-0.1, -0.05) is 6.92 Å². The number of hydrogen-bond acceptors (Lipinski definition) is 3. The van der Waals surface area contributed by atoms with Crippen molar-refractivity contribution in [1.82, 2.24) is 14.7 Å². The maximum atomic E-state index is 2.71. The predicted octanol–water partition coefficient (Wildman–Crippen LogP) is 2.13. The molecule has 0 amide bonds. The van der Waals surface area contributed by atoms with Gasteiger partial charge in [-0.25, -0.2) is 0 Å². The van der Waals surface area contributed by atoms with Crippen LogP contribution in [0.3, 0.4) is 0 Å². The molecule has 0 spiro atoms. The molecule has 2 aliphatic rings. The lowest BCUT2D eigenvalue weighted by Crippen LogP contribution is -2.50. The molecule has 0 saturated carbocycles. The largest absolute Gasteiger partial charge is 0.303 e. The van der Waals surface area contributed by atoms with Gasteiger partial charge < -0.3 is 9.80 Å². The summed E-state index contributed by atoms with van der Waals surface area (Å²) in [5, 5.41) is 0. The maximum absolute atomic E-state index is 2.71. The van der Waals surface area contributed by atoms with Gasteiger partial charge in [0.1, 0.15) is 0 Å². The predicted molar refractivity (Wildman–Crippen MR) is 82.6 cm³/mol. The molecule has 0 N–H and O–H groups in total. The minimum atomic E-state index is 0.722. The Kier molecular flexibility index (Phi) is 6.11. The fourth-order valence-electron chi connectivity index (χ4n) is 3.54. The molecule has 2 rings (SSSR count). The minimum Gasteiger partial charge on any atom is -0.303 e. The Labute approximate surface area is 119 Å². The maximum Gasteiger partial charge on any atom is 0.0113 e. The Bertz CT molecular complexity index is 238. The first-order chi connectivity index (χ1) is 9.19. The van der Waals surface area contributed by atoms with E-state index in [4.69, 9.17) is 0 Å². The highest BCUT2D eigenvalue weighted by atomic mass is 15.3. The van der Waals surface area contributed by atoms with Gasteiger partial charge >= 0.3 is 0 Å². The lowest BCUT2D eigenvalue weighted by molar-refractivity contribution is 0.0811. The summed E-state index contributed by atoms with van der Waals surface area (Å²) >= 11 is 0. The molecule has 0 bridgehead atoms. The molecule has 0 aromatic heterocycles. The van der Waals surface area contributed by atoms with E-state index in [-0.39, 0.29) is 0 Å². The van der Waals surface area contributed by atoms with Crippen LogP contribution in [0.4, 0.5) is 0 Å². The molecule has 0 aliphatic carbocycles. The van der Waals surface area contributed by atoms with Crippen LogP contribution in [-0.2, 0) is 0 Å². The molecule has 0 aromatic carbocycles. The van der Waals surface area contributed by atoms with Crippen LogP contribution in [0.1, 0.15) is 40.0 Å². The number of rotatable bonds is 5. The summed E-state index contributed by atoms with van der Waals surface area (Å²) in [7, 11) is 0. The van der Waals surface area contributed by atoms with Gasteiger partial charge in [0.25, 0.3) is 0 Å². The molecular weight excluding hydrogens is 234 g/mol. The smallest absolute Gasteiger partial charge is 0.0113 e. The van der Waals surface area contributed by atoms with Crippen molar-refractivity contribution in [3.63, 3.8) is 0 Å². The van der Waals surface area contributed by atoms with E-state index in [1.165, 1.54) is 71.6 Å². The molecule has 2 heterocycles. The zero-order chi connectivity index (χ0) is 13.7. The van der Waals surface area contributed by atoms with Crippen LogP contribution in [-0.4, -0.2) is 73.1 Å². The molecule has 0 atom stereocenters. The van der Waals surface area contributed by atoms with Crippen LogP contribution in [0.5, 0.6) is 0 Å². The summed E-state index contributed by atoms with van der Waals surface area (Å²) in [6.07, 6.45) is 4.15. The van der Waals surface area contributed by atoms with Gasteiger partial charge in [0.15, 0.2) is 0 Å². The molecular formula is C16H33N3. The SMILES string of the molecule is CCCN1CCC(CN2CCN(C(C)C)CC2)CC1. The van der Waals surface area contributed by atoms with Gasteiger partial charge in [-0.3, -0.25) is 4.90 Å². The Balaban J connectivity index is 1.64. The molecule has 2 aliphatic heterocycles. The van der Waals surface area contributed by atoms with Gasteiger partial charge in [0, 0.05) is 38.8 Å². The monoisotopic (exact) mass is 267 g/mol. The van der Waals surface area contributed by atoms with Gasteiger partial charge in [0.2, 0.25) is 0 Å². The number of hydrogen-bond donors (Lipinski definition) is 0. The molecule has 112 valence electrons. The highest BCUT2D eigenvalue weighted by Crippen LogP contribution is 2.19. The number of likely N-dealkylation sites (tertiary alicyclic amines) is 1. The Hall–Kier alpha value is -0.120. The average molecular weight is 267 g/mol. The highest BCUT2D eigenvalue weighted by Gasteiger charge is 2.24. The van der Waals surface area contributed by atoms with E-state index in [2.05, 4.69) is 35.5 Å². The molecule has 0 radical (unpaired) electrons. The third kappa shape index (κ3) is 4.73. The van der Waals surface area contributed by atoms with Crippen molar-refractivity contribution < 1.29 is 0 Å². The van der Waals surface area contributed by atoms with Crippen LogP contribution in [0.2, 0.25) is 0 Å². The van der Waals surface area contributed by atoms with Crippen molar-refractivity contribution in [1.29, 1.82) is 0 Å². The van der Waals surface area contributed by atoms with Crippen molar-refractivity contribution in [2.45, 2.75) is 46.1 Å². The molecule has 2 fully saturated rings. The van der Waals surface area contributed by atoms with E-state index in [9.17, 15) is 0 Å². The molecule has 2 saturated heterocycles. The molecule has 3 heteroatoms. The van der Waals surface area contributed by atoms with E-state index < -0.39 is 0 Å². The van der Waals surface area contributed by atoms with E-state index >= 15 is 0 Å². The van der Waals surface area contributed by atoms with E-state index in [1.807, 2.05) is 0 Å². The summed E-state index contributed by atoms with van der Waals surface area (Å²) in [4.78, 5) is 7.96. The third-order valence-corrected chi connectivity index (χ3v) is 4.90. The standard InChI is InChI=1S/C16H33N3/c1-4-7-17-8-5-16(6-9-17)14-18-10-12-19(13-11-18)15(2)3/h15-16H,4-14H2,1-3H3. The fraction of sp³-hybridized carbons (Fsp3) is 1.00. The van der Waals surface area contributed by atoms with Gasteiger partial charge in [-0.2, -0.15) is 0 Å². The van der Waals surface area contributed by atoms with Crippen LogP contribution in [0.15, 0.2) is 0 Å². The van der Waals surface area contributed by atoms with Gasteiger partial charge in [-0.05, 0) is 58.7 Å². The lowest BCUT2D eigenvalue weighted by Gasteiger charge is -2.40. The molecule has 0 unspecified atom stereocenters. The van der Waals surface area contributed by atoms with Gasteiger partial charge in [0.05, 0.1) is 0 Å². The van der Waals surface area contributed by atoms with Crippen LogP contribution in [0.25, 0.3) is 0 Å². The average Bonchev–Trinajstić information content (AvgIpc) is 2.42. The lowest BCUT2D eigenvalue weighted by atomic mass is 9.96. The second-order valence-corrected chi connectivity index (χ2v) is 6.72. The zero-order valence-electron chi connectivity index (χ0n) is 13.3. The third-order valence-electron chi connectivity index (χ3n) is 4.90.